The highest BCUT2D eigenvalue weighted by atomic mass is 31.2. The maximum absolute atomic E-state index is 11.8. The number of carboxylic acid groups (broad SMARTS) is 2. The topological polar surface area (TPSA) is 255 Å². The fraction of sp³-hybridized carbons (Fsp3) is 0.456. The maximum atomic E-state index is 11.8. The number of rotatable bonds is 22. The molecule has 0 saturated carbocycles. The zero-order valence-electron chi connectivity index (χ0n) is 53.6. The number of phosphoric ester groups is 2. The molecule has 7 N–H and O–H groups in total. The highest BCUT2D eigenvalue weighted by Gasteiger charge is 2.29. The molecule has 15 nitrogen and oxygen atoms in total. The van der Waals surface area contributed by atoms with Crippen molar-refractivity contribution >= 4 is 33.6 Å². The molecule has 17 heteroatoms. The van der Waals surface area contributed by atoms with E-state index in [-0.39, 0.29) is 24.0 Å². The van der Waals surface area contributed by atoms with Gasteiger partial charge in [-0.2, -0.15) is 0 Å². The fourth-order valence-electron chi connectivity index (χ4n) is 9.42. The second-order valence-corrected chi connectivity index (χ2v) is 25.6. The van der Waals surface area contributed by atoms with Gasteiger partial charge in [-0.15, -0.1) is 0 Å². The van der Waals surface area contributed by atoms with Crippen molar-refractivity contribution in [3.63, 3.8) is 0 Å². The smallest absolute Gasteiger partial charge is 0.478 e. The molecule has 3 aliphatic rings. The van der Waals surface area contributed by atoms with E-state index in [1.54, 1.807) is 25.2 Å². The molecule has 0 aliphatic heterocycles. The molecule has 0 aromatic rings. The van der Waals surface area contributed by atoms with Crippen LogP contribution in [0, 0.1) is 16.2 Å². The minimum absolute atomic E-state index is 0.0397. The highest BCUT2D eigenvalue weighted by Crippen LogP contribution is 2.44. The van der Waals surface area contributed by atoms with Crippen LogP contribution in [-0.2, 0) is 37.3 Å². The summed E-state index contributed by atoms with van der Waals surface area (Å²) in [5.41, 5.74) is 15.9. The zero-order valence-corrected chi connectivity index (χ0v) is 55.4. The molecule has 0 aromatic heterocycles. The number of aliphatic carboxylic acids is 2. The molecule has 0 fully saturated rings. The number of aliphatic hydroxyl groups is 1. The van der Waals surface area contributed by atoms with Crippen molar-refractivity contribution in [1.82, 2.24) is 0 Å². The number of carboxylic acids is 2. The summed E-state index contributed by atoms with van der Waals surface area (Å²) < 4.78 is 33.9. The molecule has 85 heavy (non-hydrogen) atoms. The summed E-state index contributed by atoms with van der Waals surface area (Å²) in [6, 6.07) is 0. The molecule has 0 aromatic carbocycles. The van der Waals surface area contributed by atoms with E-state index in [0.29, 0.717) is 5.41 Å². The lowest BCUT2D eigenvalue weighted by Crippen LogP contribution is -2.19. The second-order valence-electron chi connectivity index (χ2n) is 23.3. The summed E-state index contributed by atoms with van der Waals surface area (Å²) in [6.07, 6.45) is 48.9. The van der Waals surface area contributed by atoms with Crippen molar-refractivity contribution in [3.8, 4) is 0 Å². The van der Waals surface area contributed by atoms with E-state index in [2.05, 4.69) is 128 Å². The van der Waals surface area contributed by atoms with Gasteiger partial charge in [0.2, 0.25) is 11.5 Å². The summed E-state index contributed by atoms with van der Waals surface area (Å²) in [6.45, 7) is 35.3. The van der Waals surface area contributed by atoms with Gasteiger partial charge < -0.3 is 29.1 Å². The zero-order chi connectivity index (χ0) is 65.4. The van der Waals surface area contributed by atoms with Crippen LogP contribution in [0.25, 0.3) is 0 Å². The van der Waals surface area contributed by atoms with Crippen LogP contribution in [0.2, 0.25) is 0 Å². The SMILES string of the molecule is C/C=C(/OP(=O)(O)O)C(=O)O.C/C=C(/OP(=O)(O)O)C(=O)OC/C=C(C)/C=C/C=C(C)/C=C/C1=C(C)CCCC1(C)C.CC1=C(/C=C/C(C)=C/C=C/C(C)=C/C(=O)O)C(C)(C)CCC1.CC1=C(/C=C/C(C)=C/C=C/C(C)=C/CO)C(C)(C)CCC1. The molecule has 0 bridgehead atoms. The number of ether oxygens (including phenoxy) is 1. The first-order valence-electron chi connectivity index (χ1n) is 28.6. The molecule has 0 heterocycles. The van der Waals surface area contributed by atoms with Crippen LogP contribution in [0.1, 0.15) is 175 Å². The summed E-state index contributed by atoms with van der Waals surface area (Å²) in [5.74, 6) is -4.65. The number of aliphatic hydroxyl groups excluding tert-OH is 1. The van der Waals surface area contributed by atoms with Crippen LogP contribution in [-0.4, -0.2) is 66.0 Å². The standard InChI is InChI=1S/C24H35O6P.C20H28O2.C20H30O.C4H7O6P/c1-7-22(30-31(26,27)28)23(25)29-17-15-19(3)11-8-10-18(2)13-14-21-20(4)12-9-16-24(21,5)6;1-15(8-6-9-16(2)14-19(21)22)11-12-18-17(3)10-7-13-20(18,4)5;1-16(8-6-9-17(2)13-15-21)11-12-19-18(3)10-7-14-20(19,4)5;1-2-3(4(5)6)10-11(7,8)9/h7-8,10-11,13-15H,9,12,16-17H2,1-6H3,(H2,26,27,28);6,8-9,11-12,14H,7,10,13H2,1-5H3,(H,21,22);6,8-9,11-13,21H,7,10,14-15H2,1-5H3;2H,1H3,(H,5,6)(H2,7,8,9)/b11-8+,14-13+,18-10+,19-15+,22-7+;9-6+,12-11+,15-8+,16-14+;9-6+,12-11+,16-8+,17-13+;3-2+. The largest absolute Gasteiger partial charge is 0.525 e. The maximum Gasteiger partial charge on any atom is 0.525 e. The molecular formula is C68H100O15P2. The summed E-state index contributed by atoms with van der Waals surface area (Å²) in [5, 5.41) is 25.7. The van der Waals surface area contributed by atoms with E-state index >= 15 is 0 Å². The average molecular weight is 1220 g/mol. The van der Waals surface area contributed by atoms with Gasteiger partial charge in [0.1, 0.15) is 6.61 Å². The summed E-state index contributed by atoms with van der Waals surface area (Å²) in [7, 11) is -9.55. The third-order valence-electron chi connectivity index (χ3n) is 14.1. The Balaban J connectivity index is 0.00000116. The van der Waals surface area contributed by atoms with E-state index < -0.39 is 45.1 Å². The van der Waals surface area contributed by atoms with Gasteiger partial charge in [-0.25, -0.2) is 23.5 Å². The van der Waals surface area contributed by atoms with E-state index in [0.717, 1.165) is 40.0 Å². The van der Waals surface area contributed by atoms with Gasteiger partial charge in [-0.05, 0) is 191 Å². The van der Waals surface area contributed by atoms with Gasteiger partial charge in [0, 0.05) is 6.08 Å². The Labute approximate surface area is 508 Å². The number of allylic oxidation sites excluding steroid dienone is 29. The summed E-state index contributed by atoms with van der Waals surface area (Å²) in [4.78, 5) is 66.3. The average Bonchev–Trinajstić information content (AvgIpc) is 3.17. The molecule has 0 atom stereocenters. The summed E-state index contributed by atoms with van der Waals surface area (Å²) >= 11 is 0. The van der Waals surface area contributed by atoms with E-state index in [4.69, 9.17) is 39.6 Å². The third kappa shape index (κ3) is 35.2. The lowest BCUT2D eigenvalue weighted by Gasteiger charge is -2.33. The molecule has 0 saturated heterocycles. The Morgan fingerprint density at radius 3 is 1.12 bits per heavy atom. The quantitative estimate of drug-likeness (QED) is 0.0175. The molecule has 0 amide bonds. The van der Waals surface area contributed by atoms with Gasteiger partial charge in [0.15, 0.2) is 0 Å². The molecular weight excluding hydrogens is 1120 g/mol. The first-order valence-corrected chi connectivity index (χ1v) is 31.7. The number of phosphoric acid groups is 2. The van der Waals surface area contributed by atoms with Crippen LogP contribution in [0.15, 0.2) is 200 Å². The first kappa shape index (κ1) is 78.9. The van der Waals surface area contributed by atoms with Crippen molar-refractivity contribution < 1.29 is 72.2 Å². The number of hydrogen-bond acceptors (Lipinski definition) is 9. The molecule has 3 rings (SSSR count). The Kier molecular flexibility index (Phi) is 36.0. The van der Waals surface area contributed by atoms with Gasteiger partial charge in [0.05, 0.1) is 6.61 Å². The Hall–Kier alpha value is -6.15. The lowest BCUT2D eigenvalue weighted by molar-refractivity contribution is -0.140. The van der Waals surface area contributed by atoms with Crippen molar-refractivity contribution in [3.05, 3.63) is 200 Å². The van der Waals surface area contributed by atoms with E-state index in [1.807, 2.05) is 63.3 Å². The van der Waals surface area contributed by atoms with Gasteiger partial charge >= 0.3 is 33.6 Å². The molecule has 472 valence electrons. The molecule has 0 unspecified atom stereocenters. The van der Waals surface area contributed by atoms with Gasteiger partial charge in [-0.3, -0.25) is 19.6 Å². The predicted molar refractivity (Wildman–Crippen MR) is 345 cm³/mol. The monoisotopic (exact) mass is 1220 g/mol. The van der Waals surface area contributed by atoms with Crippen molar-refractivity contribution in [2.24, 2.45) is 16.2 Å². The van der Waals surface area contributed by atoms with Crippen molar-refractivity contribution in [1.29, 1.82) is 0 Å². The van der Waals surface area contributed by atoms with Crippen molar-refractivity contribution in [2.75, 3.05) is 13.2 Å². The van der Waals surface area contributed by atoms with Crippen LogP contribution < -0.4 is 0 Å². The number of carbonyl (C=O) groups excluding carboxylic acids is 1. The normalized spacial score (nSPS) is 18.9. The second kappa shape index (κ2) is 38.8. The van der Waals surface area contributed by atoms with Crippen molar-refractivity contribution in [2.45, 2.75) is 175 Å². The first-order chi connectivity index (χ1) is 39.3. The highest BCUT2D eigenvalue weighted by molar-refractivity contribution is 7.46. The number of esters is 1. The molecule has 3 aliphatic carbocycles. The van der Waals surface area contributed by atoms with Gasteiger partial charge in [0.25, 0.3) is 0 Å². The fourth-order valence-corrected chi connectivity index (χ4v) is 10.3. The molecule has 0 spiro atoms. The lowest BCUT2D eigenvalue weighted by atomic mass is 9.72. The van der Waals surface area contributed by atoms with Crippen LogP contribution in [0.5, 0.6) is 0 Å². The minimum Gasteiger partial charge on any atom is -0.478 e. The molecule has 0 radical (unpaired) electrons. The van der Waals surface area contributed by atoms with Crippen LogP contribution in [0.4, 0.5) is 0 Å². The minimum atomic E-state index is -4.80. The van der Waals surface area contributed by atoms with E-state index in [1.165, 1.54) is 117 Å². The number of hydrogen-bond donors (Lipinski definition) is 7. The Morgan fingerprint density at radius 1 is 0.506 bits per heavy atom. The van der Waals surface area contributed by atoms with Crippen LogP contribution >= 0.6 is 15.6 Å². The van der Waals surface area contributed by atoms with Gasteiger partial charge in [-0.1, -0.05) is 183 Å². The number of carbonyl (C=O) groups is 3. The Bertz CT molecular complexity index is 2930. The van der Waals surface area contributed by atoms with Crippen LogP contribution in [0.3, 0.4) is 0 Å². The Morgan fingerprint density at radius 2 is 0.835 bits per heavy atom. The van der Waals surface area contributed by atoms with E-state index in [9.17, 15) is 23.5 Å². The third-order valence-corrected chi connectivity index (χ3v) is 14.9. The predicted octanol–water partition coefficient (Wildman–Crippen LogP) is 17.3.